The maximum Gasteiger partial charge on any atom is 0.355 e. The number of hydrogen-bond acceptors (Lipinski definition) is 4. The van der Waals surface area contributed by atoms with E-state index in [0.717, 1.165) is 0 Å². The van der Waals surface area contributed by atoms with Crippen molar-refractivity contribution in [3.63, 3.8) is 0 Å². The van der Waals surface area contributed by atoms with Crippen molar-refractivity contribution in [3.8, 4) is 0 Å². The summed E-state index contributed by atoms with van der Waals surface area (Å²) in [6, 6.07) is 9.73. The molecule has 106 valence electrons. The van der Waals surface area contributed by atoms with Gasteiger partial charge in [0.05, 0.1) is 0 Å². The molecule has 4 nitrogen and oxygen atoms in total. The molecule has 0 aliphatic rings. The van der Waals surface area contributed by atoms with E-state index in [1.165, 1.54) is 22.2 Å². The van der Waals surface area contributed by atoms with Crippen molar-refractivity contribution in [1.82, 2.24) is 14.4 Å². The summed E-state index contributed by atoms with van der Waals surface area (Å²) in [7, 11) is 0. The smallest absolute Gasteiger partial charge is 0.251 e. The standard InChI is InChI=1S/C14H9ClFN3OS/c15-10-4-3-5-11(16)9(10)8-21-13-17-12-6-1-2-7-19(12)14(20)18-13/h1-7H,8H2. The Bertz CT molecular complexity index is 848. The maximum atomic E-state index is 13.7. The Kier molecular flexibility index (Phi) is 3.90. The first-order valence-electron chi connectivity index (χ1n) is 6.06. The Morgan fingerprint density at radius 3 is 2.86 bits per heavy atom. The van der Waals surface area contributed by atoms with Gasteiger partial charge in [0.25, 0.3) is 0 Å². The van der Waals surface area contributed by atoms with Crippen LogP contribution in [0, 0.1) is 5.82 Å². The topological polar surface area (TPSA) is 47.3 Å². The molecule has 0 atom stereocenters. The summed E-state index contributed by atoms with van der Waals surface area (Å²) >= 11 is 7.13. The van der Waals surface area contributed by atoms with Crippen LogP contribution in [0.25, 0.3) is 5.65 Å². The number of halogens is 2. The van der Waals surface area contributed by atoms with E-state index < -0.39 is 5.69 Å². The van der Waals surface area contributed by atoms with Gasteiger partial charge >= 0.3 is 5.69 Å². The van der Waals surface area contributed by atoms with Crippen LogP contribution in [0.3, 0.4) is 0 Å². The number of thioether (sulfide) groups is 1. The van der Waals surface area contributed by atoms with Crippen molar-refractivity contribution in [1.29, 1.82) is 0 Å². The molecule has 0 saturated heterocycles. The quantitative estimate of drug-likeness (QED) is 0.695. The van der Waals surface area contributed by atoms with Gasteiger partial charge < -0.3 is 0 Å². The number of fused-ring (bicyclic) bond motifs is 1. The van der Waals surface area contributed by atoms with Crippen LogP contribution in [0.5, 0.6) is 0 Å². The molecule has 0 radical (unpaired) electrons. The summed E-state index contributed by atoms with van der Waals surface area (Å²) in [5.74, 6) is -0.124. The molecule has 0 N–H and O–H groups in total. The van der Waals surface area contributed by atoms with Gasteiger partial charge in [-0.1, -0.05) is 35.5 Å². The molecule has 3 rings (SSSR count). The average molecular weight is 322 g/mol. The summed E-state index contributed by atoms with van der Waals surface area (Å²) in [5.41, 5.74) is 0.461. The zero-order valence-corrected chi connectivity index (χ0v) is 12.2. The van der Waals surface area contributed by atoms with Crippen LogP contribution in [0.15, 0.2) is 52.5 Å². The molecule has 0 spiro atoms. The van der Waals surface area contributed by atoms with Crippen molar-refractivity contribution in [2.24, 2.45) is 0 Å². The summed E-state index contributed by atoms with van der Waals surface area (Å²) in [6.45, 7) is 0. The first-order valence-corrected chi connectivity index (χ1v) is 7.42. The predicted octanol–water partition coefficient (Wildman–Crippen LogP) is 3.17. The molecule has 21 heavy (non-hydrogen) atoms. The first-order chi connectivity index (χ1) is 10.1. The molecular formula is C14H9ClFN3OS. The lowest BCUT2D eigenvalue weighted by molar-refractivity contribution is 0.617. The zero-order chi connectivity index (χ0) is 14.8. The van der Waals surface area contributed by atoms with Crippen molar-refractivity contribution in [2.45, 2.75) is 10.9 Å². The lowest BCUT2D eigenvalue weighted by Gasteiger charge is -2.05. The van der Waals surface area contributed by atoms with Crippen LogP contribution < -0.4 is 5.69 Å². The fraction of sp³-hybridized carbons (Fsp3) is 0.0714. The van der Waals surface area contributed by atoms with Crippen molar-refractivity contribution in [2.75, 3.05) is 0 Å². The van der Waals surface area contributed by atoms with Gasteiger partial charge in [0.2, 0.25) is 0 Å². The van der Waals surface area contributed by atoms with Gasteiger partial charge in [-0.05, 0) is 24.3 Å². The van der Waals surface area contributed by atoms with Gasteiger partial charge in [-0.15, -0.1) is 0 Å². The van der Waals surface area contributed by atoms with Crippen molar-refractivity contribution in [3.05, 3.63) is 69.5 Å². The van der Waals surface area contributed by atoms with E-state index in [1.807, 2.05) is 0 Å². The minimum absolute atomic E-state index is 0.258. The number of nitrogens with zero attached hydrogens (tertiary/aromatic N) is 3. The molecule has 2 heterocycles. The van der Waals surface area contributed by atoms with Gasteiger partial charge in [0.15, 0.2) is 5.16 Å². The van der Waals surface area contributed by atoms with E-state index in [1.54, 1.807) is 36.5 Å². The average Bonchev–Trinajstić information content (AvgIpc) is 2.47. The number of pyridine rings is 1. The molecule has 0 saturated carbocycles. The van der Waals surface area contributed by atoms with Gasteiger partial charge in [-0.2, -0.15) is 4.98 Å². The molecular weight excluding hydrogens is 313 g/mol. The molecule has 2 aromatic heterocycles. The largest absolute Gasteiger partial charge is 0.355 e. The maximum absolute atomic E-state index is 13.7. The minimum atomic E-state index is -0.414. The second kappa shape index (κ2) is 5.83. The zero-order valence-electron chi connectivity index (χ0n) is 10.7. The fourth-order valence-corrected chi connectivity index (χ4v) is 2.99. The minimum Gasteiger partial charge on any atom is -0.251 e. The molecule has 1 aromatic carbocycles. The van der Waals surface area contributed by atoms with E-state index in [2.05, 4.69) is 9.97 Å². The summed E-state index contributed by atoms with van der Waals surface area (Å²) in [5, 5.41) is 0.644. The van der Waals surface area contributed by atoms with Crippen LogP contribution in [0.4, 0.5) is 4.39 Å². The Labute approximate surface area is 128 Å². The van der Waals surface area contributed by atoms with Crippen LogP contribution in [0.1, 0.15) is 5.56 Å². The summed E-state index contributed by atoms with van der Waals surface area (Å²) in [4.78, 5) is 20.0. The normalized spacial score (nSPS) is 11.0. The molecule has 0 aliphatic carbocycles. The van der Waals surface area contributed by atoms with Crippen molar-refractivity contribution >= 4 is 29.0 Å². The molecule has 7 heteroatoms. The predicted molar refractivity (Wildman–Crippen MR) is 80.2 cm³/mol. The molecule has 0 fully saturated rings. The van der Waals surface area contributed by atoms with Crippen LogP contribution in [-0.4, -0.2) is 14.4 Å². The highest BCUT2D eigenvalue weighted by Gasteiger charge is 2.10. The van der Waals surface area contributed by atoms with Gasteiger partial charge in [-0.25, -0.2) is 14.2 Å². The number of benzene rings is 1. The third-order valence-electron chi connectivity index (χ3n) is 2.85. The van der Waals surface area contributed by atoms with E-state index in [9.17, 15) is 9.18 Å². The second-order valence-electron chi connectivity index (χ2n) is 4.21. The highest BCUT2D eigenvalue weighted by atomic mass is 35.5. The summed E-state index contributed by atoms with van der Waals surface area (Å²) < 4.78 is 15.0. The first kappa shape index (κ1) is 14.0. The van der Waals surface area contributed by atoms with Gasteiger partial charge in [0, 0.05) is 22.5 Å². The van der Waals surface area contributed by atoms with E-state index in [-0.39, 0.29) is 11.6 Å². The number of rotatable bonds is 3. The van der Waals surface area contributed by atoms with Gasteiger partial charge in [0.1, 0.15) is 11.5 Å². The molecule has 0 unspecified atom stereocenters. The van der Waals surface area contributed by atoms with Crippen LogP contribution >= 0.6 is 23.4 Å². The lowest BCUT2D eigenvalue weighted by atomic mass is 10.2. The Hall–Kier alpha value is -1.92. The molecule has 0 bridgehead atoms. The molecule has 0 amide bonds. The highest BCUT2D eigenvalue weighted by Crippen LogP contribution is 2.26. The Morgan fingerprint density at radius 2 is 2.05 bits per heavy atom. The third kappa shape index (κ3) is 2.91. The second-order valence-corrected chi connectivity index (χ2v) is 5.56. The number of hydrogen-bond donors (Lipinski definition) is 0. The van der Waals surface area contributed by atoms with E-state index in [4.69, 9.17) is 11.6 Å². The van der Waals surface area contributed by atoms with Gasteiger partial charge in [-0.3, -0.25) is 4.40 Å². The number of aromatic nitrogens is 3. The third-order valence-corrected chi connectivity index (χ3v) is 4.08. The monoisotopic (exact) mass is 321 g/mol. The SMILES string of the molecule is O=c1nc(SCc2c(F)cccc2Cl)nc2ccccn12. The molecule has 3 aromatic rings. The Morgan fingerprint density at radius 1 is 1.19 bits per heavy atom. The molecule has 0 aliphatic heterocycles. The fourth-order valence-electron chi connectivity index (χ4n) is 1.82. The van der Waals surface area contributed by atoms with Crippen LogP contribution in [0.2, 0.25) is 5.02 Å². The summed E-state index contributed by atoms with van der Waals surface area (Å²) in [6.07, 6.45) is 1.60. The van der Waals surface area contributed by atoms with Crippen LogP contribution in [-0.2, 0) is 5.75 Å². The van der Waals surface area contributed by atoms with E-state index in [0.29, 0.717) is 21.4 Å². The lowest BCUT2D eigenvalue weighted by Crippen LogP contribution is -2.18. The highest BCUT2D eigenvalue weighted by molar-refractivity contribution is 7.98. The Balaban J connectivity index is 1.91. The van der Waals surface area contributed by atoms with E-state index >= 15 is 0 Å². The van der Waals surface area contributed by atoms with Crippen molar-refractivity contribution < 1.29 is 4.39 Å².